The van der Waals surface area contributed by atoms with Crippen molar-refractivity contribution in [3.05, 3.63) is 0 Å². The van der Waals surface area contributed by atoms with Gasteiger partial charge in [-0.05, 0) is 58.0 Å². The maximum Gasteiger partial charge on any atom is 0.0702 e. The first-order chi connectivity index (χ1) is 8.43. The number of ether oxygens (including phenoxy) is 1. The molecular weight excluding hydrogens is 212 g/mol. The van der Waals surface area contributed by atoms with Crippen molar-refractivity contribution < 1.29 is 4.74 Å². The van der Waals surface area contributed by atoms with Crippen LogP contribution in [0.3, 0.4) is 0 Å². The fourth-order valence-electron chi connectivity index (χ4n) is 3.79. The van der Waals surface area contributed by atoms with Crippen LogP contribution in [0, 0.1) is 0 Å². The lowest BCUT2D eigenvalue weighted by Crippen LogP contribution is -2.47. The van der Waals surface area contributed by atoms with Crippen molar-refractivity contribution >= 4 is 0 Å². The Morgan fingerprint density at radius 2 is 2.06 bits per heavy atom. The first-order valence-electron chi connectivity index (χ1n) is 7.52. The molecule has 3 nitrogen and oxygen atoms in total. The Morgan fingerprint density at radius 3 is 2.82 bits per heavy atom. The van der Waals surface area contributed by atoms with Gasteiger partial charge in [-0.1, -0.05) is 0 Å². The van der Waals surface area contributed by atoms with E-state index in [1.165, 1.54) is 64.6 Å². The molecule has 3 heterocycles. The van der Waals surface area contributed by atoms with Gasteiger partial charge in [0, 0.05) is 25.2 Å². The standard InChI is InChI=1S/C14H26N2O/c1-2-10-17-12(5-1)11-16-9-4-7-14(16)13-6-3-8-15-13/h12-15H,1-11H2. The van der Waals surface area contributed by atoms with Crippen molar-refractivity contribution in [2.75, 3.05) is 26.2 Å². The van der Waals surface area contributed by atoms with E-state index in [-0.39, 0.29) is 0 Å². The molecule has 3 aliphatic rings. The minimum Gasteiger partial charge on any atom is -0.377 e. The molecule has 0 aromatic carbocycles. The highest BCUT2D eigenvalue weighted by molar-refractivity contribution is 4.92. The highest BCUT2D eigenvalue weighted by Gasteiger charge is 2.34. The Balaban J connectivity index is 1.53. The van der Waals surface area contributed by atoms with E-state index in [4.69, 9.17) is 4.74 Å². The third kappa shape index (κ3) is 2.83. The monoisotopic (exact) mass is 238 g/mol. The molecule has 3 heteroatoms. The Labute approximate surface area is 105 Å². The lowest BCUT2D eigenvalue weighted by molar-refractivity contribution is -0.00990. The molecule has 0 amide bonds. The Kier molecular flexibility index (Phi) is 3.99. The first kappa shape index (κ1) is 11.9. The number of hydrogen-bond donors (Lipinski definition) is 1. The maximum atomic E-state index is 5.89. The molecule has 3 rings (SSSR count). The van der Waals surface area contributed by atoms with E-state index in [2.05, 4.69) is 10.2 Å². The summed E-state index contributed by atoms with van der Waals surface area (Å²) in [5.74, 6) is 0. The number of rotatable bonds is 3. The van der Waals surface area contributed by atoms with Crippen molar-refractivity contribution in [3.63, 3.8) is 0 Å². The van der Waals surface area contributed by atoms with Gasteiger partial charge in [-0.25, -0.2) is 0 Å². The van der Waals surface area contributed by atoms with E-state index in [1.54, 1.807) is 0 Å². The molecule has 3 unspecified atom stereocenters. The molecule has 1 N–H and O–H groups in total. The third-order valence-electron chi connectivity index (χ3n) is 4.69. The van der Waals surface area contributed by atoms with Crippen LogP contribution in [0.2, 0.25) is 0 Å². The van der Waals surface area contributed by atoms with Crippen LogP contribution in [-0.4, -0.2) is 49.3 Å². The van der Waals surface area contributed by atoms with Crippen molar-refractivity contribution in [2.24, 2.45) is 0 Å². The lowest BCUT2D eigenvalue weighted by Gasteiger charge is -2.33. The molecule has 3 saturated heterocycles. The van der Waals surface area contributed by atoms with Crippen LogP contribution in [0.4, 0.5) is 0 Å². The van der Waals surface area contributed by atoms with Crippen LogP contribution < -0.4 is 5.32 Å². The van der Waals surface area contributed by atoms with Crippen LogP contribution in [0.25, 0.3) is 0 Å². The van der Waals surface area contributed by atoms with Gasteiger partial charge in [0.2, 0.25) is 0 Å². The summed E-state index contributed by atoms with van der Waals surface area (Å²) in [6.07, 6.45) is 9.96. The zero-order chi connectivity index (χ0) is 11.5. The molecule has 3 aliphatic heterocycles. The summed E-state index contributed by atoms with van der Waals surface area (Å²) in [5, 5.41) is 3.68. The fraction of sp³-hybridized carbons (Fsp3) is 1.00. The van der Waals surface area contributed by atoms with Crippen LogP contribution in [-0.2, 0) is 4.74 Å². The van der Waals surface area contributed by atoms with E-state index in [9.17, 15) is 0 Å². The van der Waals surface area contributed by atoms with Crippen molar-refractivity contribution in [1.29, 1.82) is 0 Å². The molecule has 17 heavy (non-hydrogen) atoms. The highest BCUT2D eigenvalue weighted by atomic mass is 16.5. The largest absolute Gasteiger partial charge is 0.377 e. The molecule has 3 fully saturated rings. The predicted octanol–water partition coefficient (Wildman–Crippen LogP) is 1.77. The van der Waals surface area contributed by atoms with Gasteiger partial charge in [-0.3, -0.25) is 4.90 Å². The SMILES string of the molecule is C1CCC(CN2CCCC2C2CCCN2)OC1. The minimum absolute atomic E-state index is 0.519. The van der Waals surface area contributed by atoms with Gasteiger partial charge in [0.1, 0.15) is 0 Å². The Hall–Kier alpha value is -0.120. The number of likely N-dealkylation sites (tertiary alicyclic amines) is 1. The van der Waals surface area contributed by atoms with Gasteiger partial charge < -0.3 is 10.1 Å². The normalized spacial score (nSPS) is 39.9. The summed E-state index contributed by atoms with van der Waals surface area (Å²) in [6, 6.07) is 1.56. The summed E-state index contributed by atoms with van der Waals surface area (Å²) >= 11 is 0. The summed E-state index contributed by atoms with van der Waals surface area (Å²) in [5.41, 5.74) is 0. The first-order valence-corrected chi connectivity index (χ1v) is 7.52. The molecule has 3 atom stereocenters. The smallest absolute Gasteiger partial charge is 0.0702 e. The van der Waals surface area contributed by atoms with E-state index >= 15 is 0 Å². The quantitative estimate of drug-likeness (QED) is 0.811. The number of nitrogens with one attached hydrogen (secondary N) is 1. The van der Waals surface area contributed by atoms with Gasteiger partial charge in [-0.2, -0.15) is 0 Å². The highest BCUT2D eigenvalue weighted by Crippen LogP contribution is 2.26. The molecule has 0 radical (unpaired) electrons. The van der Waals surface area contributed by atoms with Gasteiger partial charge in [-0.15, -0.1) is 0 Å². The van der Waals surface area contributed by atoms with Gasteiger partial charge in [0.25, 0.3) is 0 Å². The molecule has 0 bridgehead atoms. The van der Waals surface area contributed by atoms with Gasteiger partial charge >= 0.3 is 0 Å². The lowest BCUT2D eigenvalue weighted by atomic mass is 10.0. The summed E-state index contributed by atoms with van der Waals surface area (Å²) in [7, 11) is 0. The van der Waals surface area contributed by atoms with E-state index in [0.717, 1.165) is 18.7 Å². The zero-order valence-electron chi connectivity index (χ0n) is 10.9. The average Bonchev–Trinajstić information content (AvgIpc) is 3.00. The molecule has 0 spiro atoms. The van der Waals surface area contributed by atoms with Gasteiger partial charge in [0.05, 0.1) is 6.10 Å². The molecular formula is C14H26N2O. The maximum absolute atomic E-state index is 5.89. The molecule has 0 aromatic heterocycles. The predicted molar refractivity (Wildman–Crippen MR) is 69.2 cm³/mol. The molecule has 0 aliphatic carbocycles. The van der Waals surface area contributed by atoms with Crippen LogP contribution in [0.15, 0.2) is 0 Å². The Morgan fingerprint density at radius 1 is 1.06 bits per heavy atom. The number of hydrogen-bond acceptors (Lipinski definition) is 3. The topological polar surface area (TPSA) is 24.5 Å². The van der Waals surface area contributed by atoms with E-state index in [1.807, 2.05) is 0 Å². The summed E-state index contributed by atoms with van der Waals surface area (Å²) < 4.78 is 5.89. The second-order valence-corrected chi connectivity index (χ2v) is 5.90. The minimum atomic E-state index is 0.519. The molecule has 98 valence electrons. The summed E-state index contributed by atoms with van der Waals surface area (Å²) in [4.78, 5) is 2.71. The van der Waals surface area contributed by atoms with Crippen molar-refractivity contribution in [3.8, 4) is 0 Å². The molecule has 0 aromatic rings. The van der Waals surface area contributed by atoms with E-state index in [0.29, 0.717) is 6.10 Å². The molecule has 0 saturated carbocycles. The third-order valence-corrected chi connectivity index (χ3v) is 4.69. The van der Waals surface area contributed by atoms with Gasteiger partial charge in [0.15, 0.2) is 0 Å². The van der Waals surface area contributed by atoms with Crippen molar-refractivity contribution in [2.45, 2.75) is 63.1 Å². The summed E-state index contributed by atoms with van der Waals surface area (Å²) in [6.45, 7) is 4.70. The second kappa shape index (κ2) is 5.68. The van der Waals surface area contributed by atoms with Crippen LogP contribution in [0.5, 0.6) is 0 Å². The fourth-order valence-corrected chi connectivity index (χ4v) is 3.79. The van der Waals surface area contributed by atoms with Crippen molar-refractivity contribution in [1.82, 2.24) is 10.2 Å². The number of nitrogens with zero attached hydrogens (tertiary/aromatic N) is 1. The van der Waals surface area contributed by atoms with Crippen LogP contribution >= 0.6 is 0 Å². The second-order valence-electron chi connectivity index (χ2n) is 5.90. The van der Waals surface area contributed by atoms with Crippen LogP contribution in [0.1, 0.15) is 44.9 Å². The Bertz CT molecular complexity index is 234. The zero-order valence-corrected chi connectivity index (χ0v) is 10.9. The average molecular weight is 238 g/mol. The van der Waals surface area contributed by atoms with E-state index < -0.39 is 0 Å².